The van der Waals surface area contributed by atoms with Crippen molar-refractivity contribution in [3.63, 3.8) is 0 Å². The molecule has 0 bridgehead atoms. The molecule has 2 aliphatic rings. The molecule has 218 valence electrons. The second-order valence-corrected chi connectivity index (χ2v) is 11.5. The number of Topliss-reactive ketones (excluding diaryl/α,β-unsaturated/α-hetero) is 1. The summed E-state index contributed by atoms with van der Waals surface area (Å²) in [5.74, 6) is 0.144. The van der Waals surface area contributed by atoms with Crippen molar-refractivity contribution >= 4 is 23.0 Å². The number of morpholine rings is 1. The van der Waals surface area contributed by atoms with Gasteiger partial charge >= 0.3 is 6.18 Å². The lowest BCUT2D eigenvalue weighted by atomic mass is 9.94. The average Bonchev–Trinajstić information content (AvgIpc) is 3.50. The largest absolute Gasteiger partial charge is 0.416 e. The highest BCUT2D eigenvalue weighted by Crippen LogP contribution is 2.34. The van der Waals surface area contributed by atoms with Gasteiger partial charge in [-0.25, -0.2) is 4.98 Å². The number of ketones is 1. The van der Waals surface area contributed by atoms with Crippen LogP contribution in [0.15, 0.2) is 53.9 Å². The average molecular weight is 586 g/mol. The molecule has 41 heavy (non-hydrogen) atoms. The van der Waals surface area contributed by atoms with Gasteiger partial charge in [-0.15, -0.1) is 11.3 Å². The number of halogens is 3. The maximum absolute atomic E-state index is 13.5. The molecule has 0 radical (unpaired) electrons. The highest BCUT2D eigenvalue weighted by Gasteiger charge is 2.31. The number of nitrogens with zero attached hydrogens (tertiary/aromatic N) is 3. The number of unbranched alkanes of at least 4 members (excludes halogenated alkanes) is 1. The van der Waals surface area contributed by atoms with E-state index in [1.54, 1.807) is 29.2 Å². The quantitative estimate of drug-likeness (QED) is 0.211. The first-order valence-corrected chi connectivity index (χ1v) is 15.0. The highest BCUT2D eigenvalue weighted by atomic mass is 32.1. The van der Waals surface area contributed by atoms with Crippen LogP contribution in [0.2, 0.25) is 0 Å². The third-order valence-electron chi connectivity index (χ3n) is 7.85. The molecule has 0 saturated carbocycles. The van der Waals surface area contributed by atoms with Gasteiger partial charge in [-0.2, -0.15) is 13.2 Å². The highest BCUT2D eigenvalue weighted by molar-refractivity contribution is 7.09. The molecule has 6 nitrogen and oxygen atoms in total. The van der Waals surface area contributed by atoms with E-state index in [1.165, 1.54) is 23.5 Å². The first kappa shape index (κ1) is 29.4. The Morgan fingerprint density at radius 3 is 2.37 bits per heavy atom. The number of rotatable bonds is 9. The van der Waals surface area contributed by atoms with E-state index < -0.39 is 11.7 Å². The van der Waals surface area contributed by atoms with Crippen LogP contribution in [0.1, 0.15) is 69.4 Å². The predicted molar refractivity (Wildman–Crippen MR) is 152 cm³/mol. The smallest absolute Gasteiger partial charge is 0.379 e. The van der Waals surface area contributed by atoms with Crippen LogP contribution < -0.4 is 0 Å². The molecule has 0 spiro atoms. The van der Waals surface area contributed by atoms with Crippen molar-refractivity contribution in [1.29, 1.82) is 0 Å². The standard InChI is InChI=1S/C31H34F3N3O3S/c32-31(33,34)24-10-8-22(9-11-24)25-5-1-2-6-26(25)30(39)37-15-12-23(13-16-37)29-35-27(21-41-29)28(38)7-3-4-14-36-17-19-40-20-18-36/h1-2,5-6,8-11,21,23H,3-4,7,12-20H2. The zero-order valence-electron chi connectivity index (χ0n) is 22.9. The Balaban J connectivity index is 1.14. The van der Waals surface area contributed by atoms with Crippen LogP contribution in [0.5, 0.6) is 0 Å². The third kappa shape index (κ3) is 7.42. The van der Waals surface area contributed by atoms with Crippen molar-refractivity contribution in [2.24, 2.45) is 0 Å². The van der Waals surface area contributed by atoms with Gasteiger partial charge in [-0.1, -0.05) is 30.3 Å². The molecule has 2 aromatic carbocycles. The second-order valence-electron chi connectivity index (χ2n) is 10.6. The number of likely N-dealkylation sites (tertiary alicyclic amines) is 1. The molecule has 0 aliphatic carbocycles. The Bertz CT molecular complexity index is 1330. The Labute approximate surface area is 242 Å². The van der Waals surface area contributed by atoms with E-state index in [0.717, 1.165) is 75.7 Å². The Morgan fingerprint density at radius 2 is 1.66 bits per heavy atom. The van der Waals surface area contributed by atoms with Crippen molar-refractivity contribution in [1.82, 2.24) is 14.8 Å². The van der Waals surface area contributed by atoms with Gasteiger partial charge in [0.15, 0.2) is 5.78 Å². The van der Waals surface area contributed by atoms with Crippen LogP contribution >= 0.6 is 11.3 Å². The van der Waals surface area contributed by atoms with Gasteiger partial charge in [0.2, 0.25) is 0 Å². The molecule has 3 heterocycles. The Kier molecular flexibility index (Phi) is 9.52. The molecule has 2 saturated heterocycles. The molecule has 0 atom stereocenters. The molecule has 1 aromatic heterocycles. The lowest BCUT2D eigenvalue weighted by Gasteiger charge is -2.31. The monoisotopic (exact) mass is 585 g/mol. The van der Waals surface area contributed by atoms with Gasteiger partial charge in [0.25, 0.3) is 5.91 Å². The molecule has 3 aromatic rings. The summed E-state index contributed by atoms with van der Waals surface area (Å²) in [6.07, 6.45) is -0.593. The minimum absolute atomic E-state index is 0.0852. The van der Waals surface area contributed by atoms with Crippen molar-refractivity contribution in [2.75, 3.05) is 45.9 Å². The first-order valence-electron chi connectivity index (χ1n) is 14.1. The van der Waals surface area contributed by atoms with Gasteiger partial charge in [0, 0.05) is 49.5 Å². The Hall–Kier alpha value is -3.08. The number of carbonyl (C=O) groups excluding carboxylic acids is 2. The van der Waals surface area contributed by atoms with Crippen LogP contribution in [0.25, 0.3) is 11.1 Å². The van der Waals surface area contributed by atoms with Crippen LogP contribution in [-0.4, -0.2) is 72.4 Å². The number of carbonyl (C=O) groups is 2. The normalized spacial score (nSPS) is 17.1. The van der Waals surface area contributed by atoms with Crippen LogP contribution in [0.4, 0.5) is 13.2 Å². The summed E-state index contributed by atoms with van der Waals surface area (Å²) in [5.41, 5.74) is 1.48. The SMILES string of the molecule is O=C(CCCCN1CCOCC1)c1csc(C2CCN(C(=O)c3ccccc3-c3ccc(C(F)(F)F)cc3)CC2)n1. The fourth-order valence-electron chi connectivity index (χ4n) is 5.44. The molecule has 2 fully saturated rings. The number of ether oxygens (including phenoxy) is 1. The van der Waals surface area contributed by atoms with Crippen LogP contribution in [0.3, 0.4) is 0 Å². The number of piperidine rings is 1. The topological polar surface area (TPSA) is 62.7 Å². The minimum atomic E-state index is -4.41. The fourth-order valence-corrected chi connectivity index (χ4v) is 6.43. The van der Waals surface area contributed by atoms with E-state index in [4.69, 9.17) is 4.74 Å². The van der Waals surface area contributed by atoms with Gasteiger partial charge in [-0.3, -0.25) is 14.5 Å². The molecule has 0 unspecified atom stereocenters. The minimum Gasteiger partial charge on any atom is -0.379 e. The van der Waals surface area contributed by atoms with Gasteiger partial charge in [0.05, 0.1) is 23.8 Å². The van der Waals surface area contributed by atoms with Crippen molar-refractivity contribution in [3.05, 3.63) is 75.7 Å². The number of alkyl halides is 3. The fraction of sp³-hybridized carbons (Fsp3) is 0.452. The molecule has 5 rings (SSSR count). The van der Waals surface area contributed by atoms with Gasteiger partial charge < -0.3 is 9.64 Å². The maximum Gasteiger partial charge on any atom is 0.416 e. The second kappa shape index (κ2) is 13.3. The van der Waals surface area contributed by atoms with Crippen LogP contribution in [0, 0.1) is 0 Å². The van der Waals surface area contributed by atoms with E-state index >= 15 is 0 Å². The molecule has 0 N–H and O–H groups in total. The number of thiazole rings is 1. The zero-order chi connectivity index (χ0) is 28.8. The molecule has 2 aliphatic heterocycles. The maximum atomic E-state index is 13.5. The first-order chi connectivity index (χ1) is 19.8. The van der Waals surface area contributed by atoms with E-state index in [9.17, 15) is 22.8 Å². The summed E-state index contributed by atoms with van der Waals surface area (Å²) < 4.78 is 44.4. The van der Waals surface area contributed by atoms with Crippen molar-refractivity contribution < 1.29 is 27.5 Å². The van der Waals surface area contributed by atoms with Crippen molar-refractivity contribution in [3.8, 4) is 11.1 Å². The molecular formula is C31H34F3N3O3S. The zero-order valence-corrected chi connectivity index (χ0v) is 23.7. The summed E-state index contributed by atoms with van der Waals surface area (Å²) in [6, 6.07) is 11.9. The van der Waals surface area contributed by atoms with Gasteiger partial charge in [0.1, 0.15) is 5.69 Å². The predicted octanol–water partition coefficient (Wildman–Crippen LogP) is 6.53. The summed E-state index contributed by atoms with van der Waals surface area (Å²) >= 11 is 1.52. The number of hydrogen-bond donors (Lipinski definition) is 0. The lowest BCUT2D eigenvalue weighted by molar-refractivity contribution is -0.137. The number of hydrogen-bond acceptors (Lipinski definition) is 6. The van der Waals surface area contributed by atoms with Crippen LogP contribution in [-0.2, 0) is 10.9 Å². The van der Waals surface area contributed by atoms with Gasteiger partial charge in [-0.05, 0) is 61.6 Å². The van der Waals surface area contributed by atoms with Crippen molar-refractivity contribution in [2.45, 2.75) is 44.2 Å². The third-order valence-corrected chi connectivity index (χ3v) is 8.86. The Morgan fingerprint density at radius 1 is 0.951 bits per heavy atom. The summed E-state index contributed by atoms with van der Waals surface area (Å²) in [5, 5.41) is 2.80. The number of aromatic nitrogens is 1. The lowest BCUT2D eigenvalue weighted by Crippen LogP contribution is -2.38. The van der Waals surface area contributed by atoms with E-state index in [2.05, 4.69) is 9.88 Å². The summed E-state index contributed by atoms with van der Waals surface area (Å²) in [4.78, 5) is 35.0. The van der Waals surface area contributed by atoms with E-state index in [1.807, 2.05) is 5.38 Å². The number of amides is 1. The molecular weight excluding hydrogens is 551 g/mol. The summed E-state index contributed by atoms with van der Waals surface area (Å²) in [7, 11) is 0. The van der Waals surface area contributed by atoms with E-state index in [-0.39, 0.29) is 17.6 Å². The number of benzene rings is 2. The molecule has 10 heteroatoms. The summed E-state index contributed by atoms with van der Waals surface area (Å²) in [6.45, 7) is 5.57. The van der Waals surface area contributed by atoms with E-state index in [0.29, 0.717) is 41.9 Å². The molecule has 1 amide bonds.